The highest BCUT2D eigenvalue weighted by molar-refractivity contribution is 4.78. The van der Waals surface area contributed by atoms with E-state index in [2.05, 4.69) is 17.6 Å². The van der Waals surface area contributed by atoms with Crippen LogP contribution in [0, 0.1) is 11.8 Å². The van der Waals surface area contributed by atoms with Gasteiger partial charge in [0.2, 0.25) is 0 Å². The molecule has 0 spiro atoms. The molecule has 1 aliphatic carbocycles. The first-order valence-corrected chi connectivity index (χ1v) is 6.93. The Morgan fingerprint density at radius 3 is 2.50 bits per heavy atom. The van der Waals surface area contributed by atoms with Crippen LogP contribution in [0.25, 0.3) is 0 Å². The summed E-state index contributed by atoms with van der Waals surface area (Å²) in [5.41, 5.74) is 0. The Labute approximate surface area is 99.3 Å². The van der Waals surface area contributed by atoms with E-state index >= 15 is 0 Å². The van der Waals surface area contributed by atoms with E-state index in [9.17, 15) is 0 Å². The lowest BCUT2D eigenvalue weighted by Gasteiger charge is -2.17. The van der Waals surface area contributed by atoms with Crippen LogP contribution in [-0.2, 0) is 4.74 Å². The Balaban J connectivity index is 1.44. The topological polar surface area (TPSA) is 33.3 Å². The third-order valence-electron chi connectivity index (χ3n) is 3.76. The van der Waals surface area contributed by atoms with Crippen molar-refractivity contribution in [2.24, 2.45) is 11.8 Å². The number of rotatable bonds is 8. The van der Waals surface area contributed by atoms with Crippen molar-refractivity contribution >= 4 is 0 Å². The number of hydrogen-bond donors (Lipinski definition) is 2. The molecule has 2 rings (SSSR count). The monoisotopic (exact) mass is 226 g/mol. The largest absolute Gasteiger partial charge is 0.378 e. The summed E-state index contributed by atoms with van der Waals surface area (Å²) < 4.78 is 5.68. The molecule has 1 aliphatic heterocycles. The minimum atomic E-state index is 0.506. The smallest absolute Gasteiger partial charge is 0.0613 e. The minimum absolute atomic E-state index is 0.506. The van der Waals surface area contributed by atoms with Crippen molar-refractivity contribution in [3.8, 4) is 0 Å². The molecule has 1 heterocycles. The number of ether oxygens (including phenoxy) is 1. The molecular weight excluding hydrogens is 200 g/mol. The summed E-state index contributed by atoms with van der Waals surface area (Å²) in [6, 6.07) is 0. The van der Waals surface area contributed by atoms with E-state index < -0.39 is 0 Å². The maximum Gasteiger partial charge on any atom is 0.0613 e. The van der Waals surface area contributed by atoms with Crippen LogP contribution < -0.4 is 10.6 Å². The van der Waals surface area contributed by atoms with Gasteiger partial charge in [-0.15, -0.1) is 0 Å². The van der Waals surface area contributed by atoms with E-state index in [-0.39, 0.29) is 0 Å². The van der Waals surface area contributed by atoms with Gasteiger partial charge >= 0.3 is 0 Å². The SMILES string of the molecule is CCC1OCCC1CNCCNCC1CC1. The minimum Gasteiger partial charge on any atom is -0.378 e. The standard InChI is InChI=1S/C13H26N2O/c1-2-13-12(5-8-16-13)10-15-7-6-14-9-11-3-4-11/h11-15H,2-10H2,1H3. The summed E-state index contributed by atoms with van der Waals surface area (Å²) in [7, 11) is 0. The Morgan fingerprint density at radius 2 is 1.81 bits per heavy atom. The van der Waals surface area contributed by atoms with Crippen LogP contribution in [0.2, 0.25) is 0 Å². The maximum absolute atomic E-state index is 5.68. The summed E-state index contributed by atoms with van der Waals surface area (Å²) >= 11 is 0. The number of nitrogens with one attached hydrogen (secondary N) is 2. The quantitative estimate of drug-likeness (QED) is 0.614. The van der Waals surface area contributed by atoms with Gasteiger partial charge in [0.25, 0.3) is 0 Å². The predicted molar refractivity (Wildman–Crippen MR) is 66.6 cm³/mol. The molecule has 0 aromatic heterocycles. The first kappa shape index (κ1) is 12.3. The van der Waals surface area contributed by atoms with Gasteiger partial charge < -0.3 is 15.4 Å². The first-order valence-electron chi connectivity index (χ1n) is 6.93. The molecule has 0 radical (unpaired) electrons. The lowest BCUT2D eigenvalue weighted by atomic mass is 10.00. The van der Waals surface area contributed by atoms with Crippen molar-refractivity contribution in [1.82, 2.24) is 10.6 Å². The second-order valence-electron chi connectivity index (χ2n) is 5.22. The van der Waals surface area contributed by atoms with Gasteiger partial charge in [0.05, 0.1) is 6.10 Å². The molecule has 1 saturated heterocycles. The van der Waals surface area contributed by atoms with Gasteiger partial charge in [0.1, 0.15) is 0 Å². The molecule has 94 valence electrons. The molecule has 2 N–H and O–H groups in total. The fraction of sp³-hybridized carbons (Fsp3) is 1.00. The van der Waals surface area contributed by atoms with Crippen molar-refractivity contribution in [3.63, 3.8) is 0 Å². The summed E-state index contributed by atoms with van der Waals surface area (Å²) in [5, 5.41) is 7.05. The predicted octanol–water partition coefficient (Wildman–Crippen LogP) is 1.39. The summed E-state index contributed by atoms with van der Waals surface area (Å²) in [6.45, 7) is 7.75. The summed E-state index contributed by atoms with van der Waals surface area (Å²) in [4.78, 5) is 0. The average molecular weight is 226 g/mol. The Hall–Kier alpha value is -0.120. The fourth-order valence-electron chi connectivity index (χ4n) is 2.47. The molecule has 1 saturated carbocycles. The Kier molecular flexibility index (Phi) is 5.07. The van der Waals surface area contributed by atoms with Gasteiger partial charge in [-0.05, 0) is 44.1 Å². The molecule has 3 nitrogen and oxygen atoms in total. The van der Waals surface area contributed by atoms with Gasteiger partial charge in [-0.25, -0.2) is 0 Å². The van der Waals surface area contributed by atoms with E-state index in [0.29, 0.717) is 6.10 Å². The van der Waals surface area contributed by atoms with E-state index in [1.807, 2.05) is 0 Å². The summed E-state index contributed by atoms with van der Waals surface area (Å²) in [6.07, 6.45) is 5.79. The van der Waals surface area contributed by atoms with Crippen molar-refractivity contribution in [1.29, 1.82) is 0 Å². The molecule has 0 aromatic rings. The average Bonchev–Trinajstić information content (AvgIpc) is 3.01. The van der Waals surface area contributed by atoms with Gasteiger partial charge in [0, 0.05) is 26.2 Å². The summed E-state index contributed by atoms with van der Waals surface area (Å²) in [5.74, 6) is 1.74. The van der Waals surface area contributed by atoms with Crippen LogP contribution in [-0.4, -0.2) is 38.9 Å². The molecule has 2 atom stereocenters. The van der Waals surface area contributed by atoms with Crippen molar-refractivity contribution < 1.29 is 4.74 Å². The Morgan fingerprint density at radius 1 is 1.06 bits per heavy atom. The number of hydrogen-bond acceptors (Lipinski definition) is 3. The Bertz CT molecular complexity index is 194. The van der Waals surface area contributed by atoms with Crippen LogP contribution >= 0.6 is 0 Å². The van der Waals surface area contributed by atoms with Crippen LogP contribution in [0.15, 0.2) is 0 Å². The van der Waals surface area contributed by atoms with Gasteiger partial charge in [-0.3, -0.25) is 0 Å². The maximum atomic E-state index is 5.68. The molecule has 0 amide bonds. The molecule has 2 unspecified atom stereocenters. The molecular formula is C13H26N2O. The highest BCUT2D eigenvalue weighted by atomic mass is 16.5. The zero-order valence-corrected chi connectivity index (χ0v) is 10.5. The lowest BCUT2D eigenvalue weighted by Crippen LogP contribution is -2.33. The van der Waals surface area contributed by atoms with Crippen LogP contribution in [0.5, 0.6) is 0 Å². The van der Waals surface area contributed by atoms with E-state index in [1.165, 1.54) is 25.8 Å². The second kappa shape index (κ2) is 6.58. The van der Waals surface area contributed by atoms with Crippen molar-refractivity contribution in [3.05, 3.63) is 0 Å². The molecule has 3 heteroatoms. The van der Waals surface area contributed by atoms with Crippen molar-refractivity contribution in [2.75, 3.05) is 32.8 Å². The van der Waals surface area contributed by atoms with E-state index in [0.717, 1.165) is 44.5 Å². The normalized spacial score (nSPS) is 29.8. The zero-order chi connectivity index (χ0) is 11.2. The van der Waals surface area contributed by atoms with Crippen LogP contribution in [0.1, 0.15) is 32.6 Å². The van der Waals surface area contributed by atoms with Crippen LogP contribution in [0.4, 0.5) is 0 Å². The van der Waals surface area contributed by atoms with Gasteiger partial charge in [0.15, 0.2) is 0 Å². The van der Waals surface area contributed by atoms with E-state index in [1.54, 1.807) is 0 Å². The fourth-order valence-corrected chi connectivity index (χ4v) is 2.47. The van der Waals surface area contributed by atoms with Gasteiger partial charge in [-0.2, -0.15) is 0 Å². The molecule has 2 fully saturated rings. The van der Waals surface area contributed by atoms with E-state index in [4.69, 9.17) is 4.74 Å². The van der Waals surface area contributed by atoms with Gasteiger partial charge in [-0.1, -0.05) is 6.92 Å². The lowest BCUT2D eigenvalue weighted by molar-refractivity contribution is 0.0873. The zero-order valence-electron chi connectivity index (χ0n) is 10.5. The highest BCUT2D eigenvalue weighted by Crippen LogP contribution is 2.27. The third kappa shape index (κ3) is 4.04. The van der Waals surface area contributed by atoms with Crippen LogP contribution in [0.3, 0.4) is 0 Å². The molecule has 16 heavy (non-hydrogen) atoms. The first-order chi connectivity index (χ1) is 7.90. The highest BCUT2D eigenvalue weighted by Gasteiger charge is 2.25. The molecule has 2 aliphatic rings. The molecule has 0 aromatic carbocycles. The second-order valence-corrected chi connectivity index (χ2v) is 5.22. The van der Waals surface area contributed by atoms with Crippen molar-refractivity contribution in [2.45, 2.75) is 38.7 Å². The molecule has 0 bridgehead atoms. The third-order valence-corrected chi connectivity index (χ3v) is 3.76.